The van der Waals surface area contributed by atoms with E-state index < -0.39 is 0 Å². The van der Waals surface area contributed by atoms with Crippen molar-refractivity contribution in [2.75, 3.05) is 7.11 Å². The Morgan fingerprint density at radius 1 is 1.27 bits per heavy atom. The lowest BCUT2D eigenvalue weighted by atomic mass is 9.81. The van der Waals surface area contributed by atoms with Gasteiger partial charge in [0.05, 0.1) is 5.60 Å². The summed E-state index contributed by atoms with van der Waals surface area (Å²) < 4.78 is 5.76. The molecule has 0 amide bonds. The molecule has 15 heavy (non-hydrogen) atoms. The minimum Gasteiger partial charge on any atom is -0.378 e. The molecule has 0 N–H and O–H groups in total. The van der Waals surface area contributed by atoms with Crippen LogP contribution in [0.25, 0.3) is 0 Å². The highest BCUT2D eigenvalue weighted by molar-refractivity contribution is 5.45. The molecule has 1 saturated carbocycles. The molecule has 1 fully saturated rings. The first-order chi connectivity index (χ1) is 7.17. The third-order valence-electron chi connectivity index (χ3n) is 4.64. The fraction of sp³-hybridized carbons (Fsp3) is 0.571. The number of rotatable bonds is 1. The van der Waals surface area contributed by atoms with E-state index in [2.05, 4.69) is 38.1 Å². The summed E-state index contributed by atoms with van der Waals surface area (Å²) in [6.07, 6.45) is 1.19. The summed E-state index contributed by atoms with van der Waals surface area (Å²) in [5.41, 5.74) is 3.17. The summed E-state index contributed by atoms with van der Waals surface area (Å²) in [6.45, 7) is 4.64. The number of methoxy groups -OCH3 is 1. The van der Waals surface area contributed by atoms with Gasteiger partial charge in [0, 0.05) is 13.0 Å². The average Bonchev–Trinajstić information content (AvgIpc) is 2.67. The van der Waals surface area contributed by atoms with Gasteiger partial charge in [0.25, 0.3) is 0 Å². The van der Waals surface area contributed by atoms with Crippen molar-refractivity contribution in [2.45, 2.75) is 37.7 Å². The third-order valence-corrected chi connectivity index (χ3v) is 4.64. The van der Waals surface area contributed by atoms with Gasteiger partial charge in [-0.25, -0.2) is 0 Å². The Morgan fingerprint density at radius 3 is 2.60 bits per heavy atom. The van der Waals surface area contributed by atoms with E-state index in [9.17, 15) is 0 Å². The van der Waals surface area contributed by atoms with Gasteiger partial charge in [0.1, 0.15) is 0 Å². The van der Waals surface area contributed by atoms with Crippen LogP contribution in [0.1, 0.15) is 43.2 Å². The average molecular weight is 202 g/mol. The second-order valence-electron chi connectivity index (χ2n) is 5.29. The normalized spacial score (nSPS) is 41.9. The zero-order valence-electron chi connectivity index (χ0n) is 9.66. The Hall–Kier alpha value is -0.820. The van der Waals surface area contributed by atoms with Crippen LogP contribution in [0, 0.1) is 5.92 Å². The molecule has 1 aromatic rings. The highest BCUT2D eigenvalue weighted by Gasteiger charge is 2.55. The van der Waals surface area contributed by atoms with Gasteiger partial charge in [-0.15, -0.1) is 0 Å². The molecule has 3 rings (SSSR count). The van der Waals surface area contributed by atoms with Crippen LogP contribution in [0.15, 0.2) is 24.3 Å². The van der Waals surface area contributed by atoms with Crippen molar-refractivity contribution in [3.63, 3.8) is 0 Å². The molecule has 0 radical (unpaired) electrons. The molecule has 0 spiro atoms. The maximum absolute atomic E-state index is 5.76. The van der Waals surface area contributed by atoms with E-state index in [-0.39, 0.29) is 5.60 Å². The Kier molecular flexibility index (Phi) is 1.79. The van der Waals surface area contributed by atoms with E-state index in [4.69, 9.17) is 4.74 Å². The van der Waals surface area contributed by atoms with Gasteiger partial charge in [-0.2, -0.15) is 0 Å². The van der Waals surface area contributed by atoms with E-state index >= 15 is 0 Å². The van der Waals surface area contributed by atoms with Gasteiger partial charge < -0.3 is 4.74 Å². The lowest BCUT2D eigenvalue weighted by Gasteiger charge is -2.34. The summed E-state index contributed by atoms with van der Waals surface area (Å²) in [5, 5.41) is 0. The summed E-state index contributed by atoms with van der Waals surface area (Å²) >= 11 is 0. The molecule has 0 aliphatic heterocycles. The van der Waals surface area contributed by atoms with E-state index in [1.54, 1.807) is 5.56 Å². The third kappa shape index (κ3) is 1.02. The topological polar surface area (TPSA) is 9.23 Å². The molecule has 80 valence electrons. The van der Waals surface area contributed by atoms with E-state index in [1.165, 1.54) is 12.0 Å². The van der Waals surface area contributed by atoms with Crippen LogP contribution in [-0.4, -0.2) is 12.7 Å². The van der Waals surface area contributed by atoms with Crippen molar-refractivity contribution < 1.29 is 4.74 Å². The Morgan fingerprint density at radius 2 is 1.93 bits per heavy atom. The Balaban J connectivity index is 2.15. The molecule has 0 heterocycles. The maximum Gasteiger partial charge on any atom is 0.0727 e. The largest absolute Gasteiger partial charge is 0.378 e. The molecular weight excluding hydrogens is 184 g/mol. The van der Waals surface area contributed by atoms with Gasteiger partial charge in [-0.1, -0.05) is 31.2 Å². The number of benzene rings is 1. The van der Waals surface area contributed by atoms with Crippen LogP contribution in [0.4, 0.5) is 0 Å². The molecule has 2 aliphatic carbocycles. The predicted molar refractivity (Wildman–Crippen MR) is 61.1 cm³/mol. The molecule has 0 aromatic heterocycles. The minimum atomic E-state index is 0.0679. The fourth-order valence-corrected chi connectivity index (χ4v) is 3.89. The number of fused-ring (bicyclic) bond motifs is 5. The van der Waals surface area contributed by atoms with Crippen molar-refractivity contribution in [3.05, 3.63) is 35.4 Å². The molecule has 1 heteroatoms. The first-order valence-electron chi connectivity index (χ1n) is 5.81. The van der Waals surface area contributed by atoms with Crippen molar-refractivity contribution in [1.82, 2.24) is 0 Å². The van der Waals surface area contributed by atoms with Crippen molar-refractivity contribution in [1.29, 1.82) is 0 Å². The number of hydrogen-bond acceptors (Lipinski definition) is 1. The number of hydrogen-bond donors (Lipinski definition) is 0. The van der Waals surface area contributed by atoms with Gasteiger partial charge in [-0.3, -0.25) is 0 Å². The minimum absolute atomic E-state index is 0.0679. The molecule has 4 atom stereocenters. The molecule has 0 saturated heterocycles. The van der Waals surface area contributed by atoms with Crippen molar-refractivity contribution >= 4 is 0 Å². The summed E-state index contributed by atoms with van der Waals surface area (Å²) in [6, 6.07) is 8.90. The van der Waals surface area contributed by atoms with Gasteiger partial charge >= 0.3 is 0 Å². The van der Waals surface area contributed by atoms with Crippen molar-refractivity contribution in [2.24, 2.45) is 5.92 Å². The van der Waals surface area contributed by atoms with Crippen LogP contribution in [0.3, 0.4) is 0 Å². The molecule has 1 aromatic carbocycles. The lowest BCUT2D eigenvalue weighted by molar-refractivity contribution is -0.00949. The quantitative estimate of drug-likeness (QED) is 0.679. The summed E-state index contributed by atoms with van der Waals surface area (Å²) in [7, 11) is 1.86. The maximum atomic E-state index is 5.76. The second-order valence-corrected chi connectivity index (χ2v) is 5.29. The van der Waals surface area contributed by atoms with Crippen LogP contribution in [0.2, 0.25) is 0 Å². The van der Waals surface area contributed by atoms with Gasteiger partial charge in [0.15, 0.2) is 0 Å². The standard InChI is InChI=1S/C14H18O/c1-9-12-8-14(2,15-3)13(9)11-7-5-4-6-10(11)12/h4-7,9,12-13H,8H2,1-3H3. The predicted octanol–water partition coefficient (Wildman–Crippen LogP) is 3.31. The van der Waals surface area contributed by atoms with Crippen LogP contribution in [0.5, 0.6) is 0 Å². The second kappa shape index (κ2) is 2.85. The zero-order valence-corrected chi connectivity index (χ0v) is 9.66. The SMILES string of the molecule is COC1(C)CC2c3ccccc3C1C2C. The first-order valence-corrected chi connectivity index (χ1v) is 5.81. The summed E-state index contributed by atoms with van der Waals surface area (Å²) in [4.78, 5) is 0. The van der Waals surface area contributed by atoms with Crippen LogP contribution < -0.4 is 0 Å². The van der Waals surface area contributed by atoms with Crippen LogP contribution >= 0.6 is 0 Å². The van der Waals surface area contributed by atoms with Crippen molar-refractivity contribution in [3.8, 4) is 0 Å². The Labute approximate surface area is 91.5 Å². The van der Waals surface area contributed by atoms with E-state index in [0.29, 0.717) is 5.92 Å². The Bertz CT molecular complexity index is 398. The monoisotopic (exact) mass is 202 g/mol. The smallest absolute Gasteiger partial charge is 0.0727 e. The van der Waals surface area contributed by atoms with Gasteiger partial charge in [-0.05, 0) is 36.3 Å². The van der Waals surface area contributed by atoms with Gasteiger partial charge in [0.2, 0.25) is 0 Å². The van der Waals surface area contributed by atoms with Crippen LogP contribution in [-0.2, 0) is 4.74 Å². The lowest BCUT2D eigenvalue weighted by Crippen LogP contribution is -2.33. The van der Waals surface area contributed by atoms with E-state index in [0.717, 1.165) is 11.8 Å². The molecular formula is C14H18O. The highest BCUT2D eigenvalue weighted by Crippen LogP contribution is 2.62. The highest BCUT2D eigenvalue weighted by atomic mass is 16.5. The molecule has 1 nitrogen and oxygen atoms in total. The first kappa shape index (κ1) is 9.41. The molecule has 2 bridgehead atoms. The number of ether oxygens (including phenoxy) is 1. The fourth-order valence-electron chi connectivity index (χ4n) is 3.89. The molecule has 4 unspecified atom stereocenters. The molecule has 2 aliphatic rings. The zero-order chi connectivity index (χ0) is 10.6. The van der Waals surface area contributed by atoms with E-state index in [1.807, 2.05) is 7.11 Å². The summed E-state index contributed by atoms with van der Waals surface area (Å²) in [5.74, 6) is 2.06.